The van der Waals surface area contributed by atoms with Crippen molar-refractivity contribution < 1.29 is 13.2 Å². The van der Waals surface area contributed by atoms with Crippen LogP contribution in [0.3, 0.4) is 0 Å². The summed E-state index contributed by atoms with van der Waals surface area (Å²) in [4.78, 5) is 18.9. The van der Waals surface area contributed by atoms with Gasteiger partial charge in [-0.1, -0.05) is 72.3 Å². The number of sulfonamides is 1. The molecule has 6 heteroatoms. The lowest BCUT2D eigenvalue weighted by molar-refractivity contribution is 0.101. The van der Waals surface area contributed by atoms with Crippen LogP contribution in [-0.2, 0) is 10.0 Å². The Morgan fingerprint density at radius 1 is 0.697 bits per heavy atom. The topological polar surface area (TPSA) is 67.3 Å². The molecule has 162 valence electrons. The summed E-state index contributed by atoms with van der Waals surface area (Å²) in [5.41, 5.74) is 2.75. The van der Waals surface area contributed by atoms with Gasteiger partial charge in [-0.15, -0.1) is 0 Å². The number of amides is 1. The van der Waals surface area contributed by atoms with E-state index in [-0.39, 0.29) is 10.6 Å². The van der Waals surface area contributed by atoms with Crippen molar-refractivity contribution in [1.29, 1.82) is 0 Å². The fourth-order valence-electron chi connectivity index (χ4n) is 3.92. The number of rotatable bonds is 4. The van der Waals surface area contributed by atoms with Gasteiger partial charge < -0.3 is 0 Å². The average molecular weight is 453 g/mol. The molecule has 4 aromatic carbocycles. The number of anilines is 1. The van der Waals surface area contributed by atoms with Gasteiger partial charge in [-0.25, -0.2) is 13.4 Å². The van der Waals surface area contributed by atoms with Crippen molar-refractivity contribution in [1.82, 2.24) is 4.98 Å². The molecule has 0 radical (unpaired) electrons. The van der Waals surface area contributed by atoms with E-state index in [0.717, 1.165) is 9.87 Å². The number of aromatic nitrogens is 1. The van der Waals surface area contributed by atoms with E-state index >= 15 is 0 Å². The number of nitrogens with zero attached hydrogens (tertiary/aromatic N) is 2. The number of para-hydroxylation sites is 3. The van der Waals surface area contributed by atoms with Crippen molar-refractivity contribution >= 4 is 43.4 Å². The Balaban J connectivity index is 1.81. The number of carbonyl (C=O) groups is 1. The van der Waals surface area contributed by atoms with E-state index in [1.807, 2.05) is 43.3 Å². The van der Waals surface area contributed by atoms with Gasteiger partial charge in [-0.05, 0) is 43.3 Å². The molecule has 0 saturated heterocycles. The Bertz CT molecular complexity index is 1540. The third-order valence-electron chi connectivity index (χ3n) is 5.54. The largest absolute Gasteiger partial charge is 0.273 e. The van der Waals surface area contributed by atoms with Crippen LogP contribution < -0.4 is 4.31 Å². The zero-order valence-corrected chi connectivity index (χ0v) is 18.7. The van der Waals surface area contributed by atoms with Gasteiger partial charge in [0.25, 0.3) is 15.9 Å². The maximum atomic E-state index is 14.2. The van der Waals surface area contributed by atoms with Crippen molar-refractivity contribution in [2.24, 2.45) is 0 Å². The molecular formula is C27H20N2O3S. The summed E-state index contributed by atoms with van der Waals surface area (Å²) >= 11 is 0. The third kappa shape index (κ3) is 3.64. The van der Waals surface area contributed by atoms with Gasteiger partial charge in [0.2, 0.25) is 0 Å². The van der Waals surface area contributed by atoms with Crippen LogP contribution in [0.2, 0.25) is 0 Å². The standard InChI is InChI=1S/C27H20N2O3S/c1-19-15-17-21(18-16-19)33(31,32)29(20-9-3-2-4-10-20)27(30)26-22-11-5-7-13-24(22)28-25-14-8-6-12-23(25)26/h2-18H,1H3. The molecular weight excluding hydrogens is 432 g/mol. The molecule has 0 aliphatic rings. The Kier molecular flexibility index (Phi) is 5.15. The van der Waals surface area contributed by atoms with Crippen molar-refractivity contribution in [2.45, 2.75) is 11.8 Å². The number of pyridine rings is 1. The highest BCUT2D eigenvalue weighted by Crippen LogP contribution is 2.32. The summed E-state index contributed by atoms with van der Waals surface area (Å²) in [6, 6.07) is 29.5. The van der Waals surface area contributed by atoms with E-state index < -0.39 is 15.9 Å². The van der Waals surface area contributed by atoms with Gasteiger partial charge in [0, 0.05) is 10.8 Å². The van der Waals surface area contributed by atoms with Gasteiger partial charge in [0.15, 0.2) is 0 Å². The Morgan fingerprint density at radius 2 is 1.21 bits per heavy atom. The second-order valence-electron chi connectivity index (χ2n) is 7.74. The summed E-state index contributed by atoms with van der Waals surface area (Å²) in [7, 11) is -4.19. The third-order valence-corrected chi connectivity index (χ3v) is 7.26. The first-order valence-corrected chi connectivity index (χ1v) is 11.9. The smallest absolute Gasteiger partial charge is 0.268 e. The highest BCUT2D eigenvalue weighted by molar-refractivity contribution is 7.93. The van der Waals surface area contributed by atoms with Gasteiger partial charge in [-0.3, -0.25) is 4.79 Å². The Labute approximate surface area is 192 Å². The number of hydrogen-bond acceptors (Lipinski definition) is 4. The van der Waals surface area contributed by atoms with Crippen molar-refractivity contribution in [3.63, 3.8) is 0 Å². The highest BCUT2D eigenvalue weighted by Gasteiger charge is 2.33. The first-order valence-electron chi connectivity index (χ1n) is 10.5. The molecule has 5 aromatic rings. The van der Waals surface area contributed by atoms with Crippen LogP contribution in [0.4, 0.5) is 5.69 Å². The minimum absolute atomic E-state index is 0.0490. The molecule has 0 saturated carbocycles. The molecule has 1 amide bonds. The van der Waals surface area contributed by atoms with E-state index in [9.17, 15) is 13.2 Å². The Hall–Kier alpha value is -4.03. The summed E-state index contributed by atoms with van der Waals surface area (Å²) in [6.45, 7) is 1.88. The molecule has 0 N–H and O–H groups in total. The molecule has 0 bridgehead atoms. The quantitative estimate of drug-likeness (QED) is 0.327. The van der Waals surface area contributed by atoms with Crippen LogP contribution in [0.1, 0.15) is 15.9 Å². The predicted octanol–water partition coefficient (Wildman–Crippen LogP) is 5.73. The molecule has 0 unspecified atom stereocenters. The summed E-state index contributed by atoms with van der Waals surface area (Å²) in [5, 5.41) is 1.20. The summed E-state index contributed by atoms with van der Waals surface area (Å²) < 4.78 is 28.5. The number of aryl methyl sites for hydroxylation is 1. The monoisotopic (exact) mass is 452 g/mol. The zero-order valence-electron chi connectivity index (χ0n) is 17.8. The second kappa shape index (κ2) is 8.15. The lowest BCUT2D eigenvalue weighted by Gasteiger charge is -2.24. The van der Waals surface area contributed by atoms with Gasteiger partial charge >= 0.3 is 0 Å². The molecule has 33 heavy (non-hydrogen) atoms. The molecule has 0 atom stereocenters. The minimum atomic E-state index is -4.19. The zero-order chi connectivity index (χ0) is 23.0. The number of benzene rings is 4. The molecule has 1 heterocycles. The lowest BCUT2D eigenvalue weighted by atomic mass is 10.0. The van der Waals surface area contributed by atoms with Gasteiger partial charge in [0.1, 0.15) is 0 Å². The molecule has 0 spiro atoms. The van der Waals surface area contributed by atoms with E-state index in [1.54, 1.807) is 54.6 Å². The van der Waals surface area contributed by atoms with Crippen LogP contribution in [0, 0.1) is 6.92 Å². The molecule has 0 aliphatic carbocycles. The molecule has 1 aromatic heterocycles. The van der Waals surface area contributed by atoms with Crippen LogP contribution in [0.5, 0.6) is 0 Å². The van der Waals surface area contributed by atoms with E-state index in [2.05, 4.69) is 4.98 Å². The van der Waals surface area contributed by atoms with Crippen molar-refractivity contribution in [3.05, 3.63) is 114 Å². The fourth-order valence-corrected chi connectivity index (χ4v) is 5.32. The van der Waals surface area contributed by atoms with Gasteiger partial charge in [-0.2, -0.15) is 4.31 Å². The van der Waals surface area contributed by atoms with Crippen molar-refractivity contribution in [3.8, 4) is 0 Å². The molecule has 0 aliphatic heterocycles. The summed E-state index contributed by atoms with van der Waals surface area (Å²) in [6.07, 6.45) is 0. The van der Waals surface area contributed by atoms with Crippen LogP contribution >= 0.6 is 0 Å². The van der Waals surface area contributed by atoms with E-state index in [1.165, 1.54) is 12.1 Å². The maximum absolute atomic E-state index is 14.2. The SMILES string of the molecule is Cc1ccc(S(=O)(=O)N(C(=O)c2c3ccccc3nc3ccccc23)c2ccccc2)cc1. The molecule has 5 rings (SSSR count). The number of carbonyl (C=O) groups excluding carboxylic acids is 1. The van der Waals surface area contributed by atoms with Gasteiger partial charge in [0.05, 0.1) is 27.2 Å². The first kappa shape index (κ1) is 20.8. The van der Waals surface area contributed by atoms with Crippen LogP contribution in [-0.4, -0.2) is 19.3 Å². The van der Waals surface area contributed by atoms with E-state index in [0.29, 0.717) is 27.4 Å². The maximum Gasteiger partial charge on any atom is 0.273 e. The fraction of sp³-hybridized carbons (Fsp3) is 0.0370. The second-order valence-corrected chi connectivity index (χ2v) is 9.53. The molecule has 0 fully saturated rings. The number of hydrogen-bond donors (Lipinski definition) is 0. The molecule has 5 nitrogen and oxygen atoms in total. The number of fused-ring (bicyclic) bond motifs is 2. The van der Waals surface area contributed by atoms with Crippen molar-refractivity contribution in [2.75, 3.05) is 4.31 Å². The predicted molar refractivity (Wildman–Crippen MR) is 131 cm³/mol. The highest BCUT2D eigenvalue weighted by atomic mass is 32.2. The summed E-state index contributed by atoms with van der Waals surface area (Å²) in [5.74, 6) is -0.628. The minimum Gasteiger partial charge on any atom is -0.268 e. The van der Waals surface area contributed by atoms with E-state index in [4.69, 9.17) is 0 Å². The van der Waals surface area contributed by atoms with Crippen LogP contribution in [0.25, 0.3) is 21.8 Å². The Morgan fingerprint density at radius 3 is 1.79 bits per heavy atom. The van der Waals surface area contributed by atoms with Crippen LogP contribution in [0.15, 0.2) is 108 Å². The average Bonchev–Trinajstić information content (AvgIpc) is 2.83. The first-order chi connectivity index (χ1) is 16.0. The lowest BCUT2D eigenvalue weighted by Crippen LogP contribution is -2.37. The normalized spacial score (nSPS) is 11.5.